The molecular formula is C28H44N6O2. The van der Waals surface area contributed by atoms with Gasteiger partial charge in [-0.15, -0.1) is 0 Å². The lowest BCUT2D eigenvalue weighted by Crippen LogP contribution is -2.43. The molecule has 5 rings (SSSR count). The molecule has 8 nitrogen and oxygen atoms in total. The third kappa shape index (κ3) is 6.64. The second-order valence-corrected chi connectivity index (χ2v) is 11.1. The molecule has 198 valence electrons. The number of Topliss-reactive ketones (excluding diaryl/α,β-unsaturated/α-hetero) is 1. The zero-order valence-electron chi connectivity index (χ0n) is 22.1. The number of ketones is 1. The largest absolute Gasteiger partial charge is 0.379 e. The SMILES string of the molecule is Cn1nc(C(=O)CC2CCN(CCN3CCOCC3)CC2)c2ccc(NC3CCCCCCC3)nc21. The Kier molecular flexibility index (Phi) is 8.88. The van der Waals surface area contributed by atoms with Crippen molar-refractivity contribution in [3.05, 3.63) is 17.8 Å². The van der Waals surface area contributed by atoms with E-state index in [1.165, 1.54) is 44.9 Å². The summed E-state index contributed by atoms with van der Waals surface area (Å²) >= 11 is 0. The predicted molar refractivity (Wildman–Crippen MR) is 144 cm³/mol. The number of anilines is 1. The van der Waals surface area contributed by atoms with Gasteiger partial charge >= 0.3 is 0 Å². The van der Waals surface area contributed by atoms with Crippen LogP contribution in [0, 0.1) is 5.92 Å². The summed E-state index contributed by atoms with van der Waals surface area (Å²) in [4.78, 5) is 23.2. The van der Waals surface area contributed by atoms with Crippen LogP contribution in [0.2, 0.25) is 0 Å². The number of fused-ring (bicyclic) bond motifs is 1. The van der Waals surface area contributed by atoms with E-state index in [0.29, 0.717) is 24.1 Å². The first-order chi connectivity index (χ1) is 17.7. The molecule has 0 atom stereocenters. The van der Waals surface area contributed by atoms with Crippen LogP contribution in [-0.4, -0.2) is 88.9 Å². The molecule has 3 aliphatic rings. The van der Waals surface area contributed by atoms with Crippen molar-refractivity contribution in [2.24, 2.45) is 13.0 Å². The molecule has 2 aliphatic heterocycles. The fourth-order valence-corrected chi connectivity index (χ4v) is 6.11. The van der Waals surface area contributed by atoms with Crippen LogP contribution in [0.25, 0.3) is 11.0 Å². The Morgan fingerprint density at radius 1 is 0.944 bits per heavy atom. The van der Waals surface area contributed by atoms with Crippen molar-refractivity contribution in [2.75, 3.05) is 57.8 Å². The van der Waals surface area contributed by atoms with Gasteiger partial charge in [-0.3, -0.25) is 9.69 Å². The lowest BCUT2D eigenvalue weighted by atomic mass is 9.90. The van der Waals surface area contributed by atoms with Crippen molar-refractivity contribution in [2.45, 2.75) is 70.3 Å². The van der Waals surface area contributed by atoms with Crippen LogP contribution in [-0.2, 0) is 11.8 Å². The standard InChI is InChI=1S/C28H44N6O2/c1-32-28-24(9-10-26(30-28)29-23-7-5-3-2-4-6-8-23)27(31-32)25(35)21-22-11-13-33(14-12-22)15-16-34-17-19-36-20-18-34/h9-10,22-23H,2-8,11-21H2,1H3,(H,29,30). The highest BCUT2D eigenvalue weighted by atomic mass is 16.5. The van der Waals surface area contributed by atoms with E-state index in [2.05, 4.69) is 20.2 Å². The molecule has 4 heterocycles. The van der Waals surface area contributed by atoms with Crippen molar-refractivity contribution in [1.82, 2.24) is 24.6 Å². The molecule has 0 spiro atoms. The Bertz CT molecular complexity index is 985. The fraction of sp³-hybridized carbons (Fsp3) is 0.750. The summed E-state index contributed by atoms with van der Waals surface area (Å²) in [6.07, 6.45) is 11.8. The Morgan fingerprint density at radius 2 is 1.61 bits per heavy atom. The first kappa shape index (κ1) is 25.6. The van der Waals surface area contributed by atoms with E-state index in [4.69, 9.17) is 9.72 Å². The molecule has 2 saturated heterocycles. The topological polar surface area (TPSA) is 75.5 Å². The van der Waals surface area contributed by atoms with Crippen LogP contribution in [0.5, 0.6) is 0 Å². The van der Waals surface area contributed by atoms with Crippen molar-refractivity contribution in [3.63, 3.8) is 0 Å². The molecule has 1 saturated carbocycles. The molecule has 2 aromatic heterocycles. The van der Waals surface area contributed by atoms with Crippen LogP contribution >= 0.6 is 0 Å². The predicted octanol–water partition coefficient (Wildman–Crippen LogP) is 4.11. The lowest BCUT2D eigenvalue weighted by Gasteiger charge is -2.34. The number of rotatable bonds is 8. The van der Waals surface area contributed by atoms with Crippen molar-refractivity contribution in [1.29, 1.82) is 0 Å². The molecule has 2 aromatic rings. The van der Waals surface area contributed by atoms with Crippen molar-refractivity contribution < 1.29 is 9.53 Å². The molecule has 0 aromatic carbocycles. The Balaban J connectivity index is 1.14. The summed E-state index contributed by atoms with van der Waals surface area (Å²) in [6.45, 7) is 8.24. The van der Waals surface area contributed by atoms with Gasteiger partial charge in [0.15, 0.2) is 11.4 Å². The average molecular weight is 497 g/mol. The molecule has 0 radical (unpaired) electrons. The minimum absolute atomic E-state index is 0.162. The Hall–Kier alpha value is -2.03. The number of morpholine rings is 1. The maximum atomic E-state index is 13.3. The highest BCUT2D eigenvalue weighted by molar-refractivity contribution is 6.05. The number of carbonyl (C=O) groups is 1. The van der Waals surface area contributed by atoms with E-state index in [9.17, 15) is 4.79 Å². The number of hydrogen-bond donors (Lipinski definition) is 1. The van der Waals surface area contributed by atoms with Gasteiger partial charge in [-0.25, -0.2) is 9.67 Å². The van der Waals surface area contributed by atoms with E-state index in [1.807, 2.05) is 19.2 Å². The number of carbonyl (C=O) groups excluding carboxylic acids is 1. The molecule has 0 bridgehead atoms. The summed E-state index contributed by atoms with van der Waals surface area (Å²) in [5, 5.41) is 9.16. The second-order valence-electron chi connectivity index (χ2n) is 11.1. The number of hydrogen-bond acceptors (Lipinski definition) is 7. The van der Waals surface area contributed by atoms with Crippen LogP contribution in [0.1, 0.15) is 74.7 Å². The van der Waals surface area contributed by atoms with Gasteiger partial charge in [-0.05, 0) is 56.8 Å². The summed E-state index contributed by atoms with van der Waals surface area (Å²) in [5.41, 5.74) is 1.39. The molecule has 1 N–H and O–H groups in total. The van der Waals surface area contributed by atoms with Gasteiger partial charge in [0.1, 0.15) is 11.5 Å². The van der Waals surface area contributed by atoms with Crippen molar-refractivity contribution in [3.8, 4) is 0 Å². The molecule has 8 heteroatoms. The lowest BCUT2D eigenvalue weighted by molar-refractivity contribution is 0.0313. The van der Waals surface area contributed by atoms with E-state index in [1.54, 1.807) is 4.68 Å². The van der Waals surface area contributed by atoms with Gasteiger partial charge in [0.2, 0.25) is 0 Å². The van der Waals surface area contributed by atoms with Crippen LogP contribution in [0.15, 0.2) is 12.1 Å². The number of pyridine rings is 1. The zero-order chi connectivity index (χ0) is 24.7. The zero-order valence-corrected chi connectivity index (χ0v) is 22.1. The molecule has 0 unspecified atom stereocenters. The number of piperidine rings is 1. The minimum atomic E-state index is 0.162. The monoisotopic (exact) mass is 496 g/mol. The first-order valence-corrected chi connectivity index (χ1v) is 14.3. The van der Waals surface area contributed by atoms with Crippen LogP contribution in [0.3, 0.4) is 0 Å². The van der Waals surface area contributed by atoms with E-state index in [-0.39, 0.29) is 5.78 Å². The highest BCUT2D eigenvalue weighted by Gasteiger charge is 2.25. The smallest absolute Gasteiger partial charge is 0.184 e. The second kappa shape index (κ2) is 12.5. The number of aromatic nitrogens is 3. The molecular weight excluding hydrogens is 452 g/mol. The van der Waals surface area contributed by atoms with E-state index in [0.717, 1.165) is 82.2 Å². The number of likely N-dealkylation sites (tertiary alicyclic amines) is 1. The van der Waals surface area contributed by atoms with Crippen LogP contribution in [0.4, 0.5) is 5.82 Å². The summed E-state index contributed by atoms with van der Waals surface area (Å²) in [6, 6.07) is 4.57. The third-order valence-electron chi connectivity index (χ3n) is 8.43. The van der Waals surface area contributed by atoms with Gasteiger partial charge in [-0.2, -0.15) is 5.10 Å². The third-order valence-corrected chi connectivity index (χ3v) is 8.43. The van der Waals surface area contributed by atoms with Gasteiger partial charge < -0.3 is 15.0 Å². The normalized spacial score (nSPS) is 21.9. The van der Waals surface area contributed by atoms with Gasteiger partial charge in [0, 0.05) is 45.7 Å². The minimum Gasteiger partial charge on any atom is -0.379 e. The fourth-order valence-electron chi connectivity index (χ4n) is 6.11. The highest BCUT2D eigenvalue weighted by Crippen LogP contribution is 2.26. The van der Waals surface area contributed by atoms with Gasteiger partial charge in [-0.1, -0.05) is 32.1 Å². The first-order valence-electron chi connectivity index (χ1n) is 14.3. The molecule has 1 aliphatic carbocycles. The van der Waals surface area contributed by atoms with Crippen LogP contribution < -0.4 is 5.32 Å². The van der Waals surface area contributed by atoms with Gasteiger partial charge in [0.25, 0.3) is 0 Å². The average Bonchev–Trinajstić information content (AvgIpc) is 3.22. The summed E-state index contributed by atoms with van der Waals surface area (Å²) < 4.78 is 7.23. The molecule has 36 heavy (non-hydrogen) atoms. The van der Waals surface area contributed by atoms with Crippen molar-refractivity contribution >= 4 is 22.6 Å². The number of ether oxygens (including phenoxy) is 1. The molecule has 0 amide bonds. The maximum Gasteiger partial charge on any atom is 0.184 e. The number of nitrogens with one attached hydrogen (secondary N) is 1. The Morgan fingerprint density at radius 3 is 2.33 bits per heavy atom. The quantitative estimate of drug-likeness (QED) is 0.551. The number of aryl methyl sites for hydroxylation is 1. The van der Waals surface area contributed by atoms with E-state index < -0.39 is 0 Å². The maximum absolute atomic E-state index is 13.3. The van der Waals surface area contributed by atoms with Gasteiger partial charge in [0.05, 0.1) is 18.6 Å². The molecule has 3 fully saturated rings. The van der Waals surface area contributed by atoms with E-state index >= 15 is 0 Å². The summed E-state index contributed by atoms with van der Waals surface area (Å²) in [7, 11) is 1.90. The summed E-state index contributed by atoms with van der Waals surface area (Å²) in [5.74, 6) is 1.51. The number of nitrogens with zero attached hydrogens (tertiary/aromatic N) is 5. The Labute approximate surface area is 215 Å².